The Morgan fingerprint density at radius 1 is 1.06 bits per heavy atom. The lowest BCUT2D eigenvalue weighted by atomic mass is 9.96. The van der Waals surface area contributed by atoms with Crippen molar-refractivity contribution >= 4 is 5.91 Å². The molecule has 1 aromatic heterocycles. The fourth-order valence-corrected chi connectivity index (χ4v) is 3.71. The SMILES string of the molecule is O=C(NC1(c2ccc(-c3cnc(C(F)(F)F)cc3CCO)cc2)CC1)c1ccc(F)cc1. The molecule has 4 rings (SSSR count). The summed E-state index contributed by atoms with van der Waals surface area (Å²) in [7, 11) is 0. The van der Waals surface area contributed by atoms with Crippen LogP contribution in [0.3, 0.4) is 0 Å². The number of aliphatic hydroxyl groups is 1. The van der Waals surface area contributed by atoms with E-state index in [0.29, 0.717) is 22.3 Å². The van der Waals surface area contributed by atoms with E-state index >= 15 is 0 Å². The van der Waals surface area contributed by atoms with Gasteiger partial charge in [0.1, 0.15) is 11.5 Å². The van der Waals surface area contributed by atoms with Gasteiger partial charge in [-0.05, 0) is 66.3 Å². The van der Waals surface area contributed by atoms with Crippen LogP contribution in [0, 0.1) is 5.82 Å². The molecule has 1 aliphatic rings. The molecule has 8 heteroatoms. The minimum atomic E-state index is -4.56. The monoisotopic (exact) mass is 444 g/mol. The minimum absolute atomic E-state index is 0.0698. The van der Waals surface area contributed by atoms with E-state index < -0.39 is 23.2 Å². The maximum Gasteiger partial charge on any atom is 0.433 e. The molecule has 0 atom stereocenters. The molecule has 4 nitrogen and oxygen atoms in total. The highest BCUT2D eigenvalue weighted by Gasteiger charge is 2.45. The number of benzene rings is 2. The number of hydrogen-bond acceptors (Lipinski definition) is 3. The Balaban J connectivity index is 1.57. The molecule has 0 saturated heterocycles. The second-order valence-corrected chi connectivity index (χ2v) is 7.82. The first-order valence-corrected chi connectivity index (χ1v) is 10.1. The summed E-state index contributed by atoms with van der Waals surface area (Å²) in [5.74, 6) is -0.722. The number of halogens is 4. The highest BCUT2D eigenvalue weighted by Crippen LogP contribution is 2.46. The normalized spacial score (nSPS) is 14.8. The minimum Gasteiger partial charge on any atom is -0.396 e. The fourth-order valence-electron chi connectivity index (χ4n) is 3.71. The summed E-state index contributed by atoms with van der Waals surface area (Å²) in [5.41, 5.74) is 1.25. The van der Waals surface area contributed by atoms with Crippen molar-refractivity contribution in [3.05, 3.63) is 89.0 Å². The van der Waals surface area contributed by atoms with Gasteiger partial charge in [-0.25, -0.2) is 4.39 Å². The number of hydrogen-bond donors (Lipinski definition) is 2. The number of aromatic nitrogens is 1. The predicted molar refractivity (Wildman–Crippen MR) is 110 cm³/mol. The molecular formula is C24H20F4N2O2. The van der Waals surface area contributed by atoms with Crippen LogP contribution >= 0.6 is 0 Å². The lowest BCUT2D eigenvalue weighted by molar-refractivity contribution is -0.141. The lowest BCUT2D eigenvalue weighted by Gasteiger charge is -2.19. The topological polar surface area (TPSA) is 62.2 Å². The third kappa shape index (κ3) is 4.50. The number of carbonyl (C=O) groups excluding carboxylic acids is 1. The van der Waals surface area contributed by atoms with Crippen LogP contribution in [-0.2, 0) is 18.1 Å². The molecule has 2 aromatic carbocycles. The summed E-state index contributed by atoms with van der Waals surface area (Å²) in [6.45, 7) is -0.287. The van der Waals surface area contributed by atoms with E-state index in [4.69, 9.17) is 0 Å². The quantitative estimate of drug-likeness (QED) is 0.534. The van der Waals surface area contributed by atoms with Gasteiger partial charge in [-0.2, -0.15) is 13.2 Å². The van der Waals surface area contributed by atoms with E-state index in [2.05, 4.69) is 10.3 Å². The summed E-state index contributed by atoms with van der Waals surface area (Å²) in [4.78, 5) is 16.1. The molecule has 0 radical (unpaired) electrons. The highest BCUT2D eigenvalue weighted by atomic mass is 19.4. The average molecular weight is 444 g/mol. The molecule has 0 aliphatic heterocycles. The van der Waals surface area contributed by atoms with E-state index in [0.717, 1.165) is 24.5 Å². The molecule has 2 N–H and O–H groups in total. The second kappa shape index (κ2) is 8.35. The number of rotatable bonds is 6. The van der Waals surface area contributed by atoms with Gasteiger partial charge in [-0.1, -0.05) is 24.3 Å². The van der Waals surface area contributed by atoms with Crippen molar-refractivity contribution in [1.29, 1.82) is 0 Å². The molecule has 0 bridgehead atoms. The predicted octanol–water partition coefficient (Wildman–Crippen LogP) is 4.86. The molecule has 166 valence electrons. The Morgan fingerprint density at radius 3 is 2.28 bits per heavy atom. The Labute approximate surface area is 181 Å². The van der Waals surface area contributed by atoms with Gasteiger partial charge in [0.25, 0.3) is 5.91 Å². The average Bonchev–Trinajstić information content (AvgIpc) is 3.54. The van der Waals surface area contributed by atoms with E-state index in [-0.39, 0.29) is 18.9 Å². The van der Waals surface area contributed by atoms with Crippen molar-refractivity contribution in [3.8, 4) is 11.1 Å². The number of pyridine rings is 1. The molecule has 1 heterocycles. The van der Waals surface area contributed by atoms with Crippen molar-refractivity contribution in [1.82, 2.24) is 10.3 Å². The maximum atomic E-state index is 13.1. The Hall–Kier alpha value is -3.26. The van der Waals surface area contributed by atoms with Gasteiger partial charge in [0.2, 0.25) is 0 Å². The van der Waals surface area contributed by atoms with Gasteiger partial charge in [0, 0.05) is 23.9 Å². The first-order valence-electron chi connectivity index (χ1n) is 10.1. The standard InChI is InChI=1S/C24H20F4N2O2/c25-19-7-3-16(4-8-19)22(32)30-23(10-11-23)18-5-1-15(2-6-18)20-14-29-21(24(26,27)28)13-17(20)9-12-31/h1-8,13-14,31H,9-12H2,(H,30,32). The Kier molecular flexibility index (Phi) is 5.73. The maximum absolute atomic E-state index is 13.1. The number of aliphatic hydroxyl groups excluding tert-OH is 1. The number of amides is 1. The van der Waals surface area contributed by atoms with Gasteiger partial charge in [-0.15, -0.1) is 0 Å². The van der Waals surface area contributed by atoms with Crippen molar-refractivity contribution in [2.45, 2.75) is 31.0 Å². The van der Waals surface area contributed by atoms with Gasteiger partial charge < -0.3 is 10.4 Å². The van der Waals surface area contributed by atoms with Crippen LogP contribution in [0.5, 0.6) is 0 Å². The molecular weight excluding hydrogens is 424 g/mol. The zero-order valence-corrected chi connectivity index (χ0v) is 16.9. The smallest absolute Gasteiger partial charge is 0.396 e. The first-order chi connectivity index (χ1) is 15.2. The largest absolute Gasteiger partial charge is 0.433 e. The molecule has 1 amide bonds. The summed E-state index contributed by atoms with van der Waals surface area (Å²) >= 11 is 0. The van der Waals surface area contributed by atoms with E-state index in [1.165, 1.54) is 30.5 Å². The van der Waals surface area contributed by atoms with Crippen LogP contribution in [0.25, 0.3) is 11.1 Å². The highest BCUT2D eigenvalue weighted by molar-refractivity contribution is 5.95. The number of nitrogens with zero attached hydrogens (tertiary/aromatic N) is 1. The van der Waals surface area contributed by atoms with E-state index in [1.807, 2.05) is 12.1 Å². The Morgan fingerprint density at radius 2 is 1.72 bits per heavy atom. The summed E-state index contributed by atoms with van der Waals surface area (Å²) < 4.78 is 52.1. The van der Waals surface area contributed by atoms with Crippen molar-refractivity contribution in [2.24, 2.45) is 0 Å². The number of alkyl halides is 3. The molecule has 1 aliphatic carbocycles. The van der Waals surface area contributed by atoms with Crippen molar-refractivity contribution in [3.63, 3.8) is 0 Å². The fraction of sp³-hybridized carbons (Fsp3) is 0.250. The van der Waals surface area contributed by atoms with Gasteiger partial charge >= 0.3 is 6.18 Å². The molecule has 32 heavy (non-hydrogen) atoms. The molecule has 3 aromatic rings. The Bertz CT molecular complexity index is 1120. The molecule has 0 unspecified atom stereocenters. The number of nitrogens with one attached hydrogen (secondary N) is 1. The van der Waals surface area contributed by atoms with Gasteiger partial charge in [0.05, 0.1) is 5.54 Å². The lowest BCUT2D eigenvalue weighted by Crippen LogP contribution is -2.34. The van der Waals surface area contributed by atoms with Crippen molar-refractivity contribution in [2.75, 3.05) is 6.61 Å². The van der Waals surface area contributed by atoms with E-state index in [1.54, 1.807) is 12.1 Å². The first kappa shape index (κ1) is 22.0. The van der Waals surface area contributed by atoms with Crippen LogP contribution in [-0.4, -0.2) is 22.6 Å². The van der Waals surface area contributed by atoms with Gasteiger partial charge in [0.15, 0.2) is 0 Å². The number of carbonyl (C=O) groups is 1. The van der Waals surface area contributed by atoms with Crippen LogP contribution in [0.4, 0.5) is 17.6 Å². The molecule has 1 saturated carbocycles. The van der Waals surface area contributed by atoms with Crippen LogP contribution < -0.4 is 5.32 Å². The zero-order valence-electron chi connectivity index (χ0n) is 16.9. The molecule has 1 fully saturated rings. The second-order valence-electron chi connectivity index (χ2n) is 7.82. The van der Waals surface area contributed by atoms with Gasteiger partial charge in [-0.3, -0.25) is 9.78 Å². The summed E-state index contributed by atoms with van der Waals surface area (Å²) in [6, 6.07) is 13.5. The van der Waals surface area contributed by atoms with Crippen molar-refractivity contribution < 1.29 is 27.5 Å². The van der Waals surface area contributed by atoms with Crippen LogP contribution in [0.1, 0.15) is 40.0 Å². The molecule has 0 spiro atoms. The third-order valence-electron chi connectivity index (χ3n) is 5.62. The van der Waals surface area contributed by atoms with Crippen LogP contribution in [0.2, 0.25) is 0 Å². The van der Waals surface area contributed by atoms with E-state index in [9.17, 15) is 27.5 Å². The zero-order chi connectivity index (χ0) is 22.9. The third-order valence-corrected chi connectivity index (χ3v) is 5.62. The summed E-state index contributed by atoms with van der Waals surface area (Å²) in [5, 5.41) is 12.3. The van der Waals surface area contributed by atoms with Crippen LogP contribution in [0.15, 0.2) is 60.8 Å². The summed E-state index contributed by atoms with van der Waals surface area (Å²) in [6.07, 6.45) is -1.83.